The van der Waals surface area contributed by atoms with Crippen molar-refractivity contribution in [3.05, 3.63) is 18.2 Å². The monoisotopic (exact) mass is 236 g/mol. The van der Waals surface area contributed by atoms with Crippen LogP contribution in [0.5, 0.6) is 0 Å². The highest BCUT2D eigenvalue weighted by Crippen LogP contribution is 2.15. The lowest BCUT2D eigenvalue weighted by atomic mass is 10.0. The first-order chi connectivity index (χ1) is 8.25. The van der Waals surface area contributed by atoms with Gasteiger partial charge in [0, 0.05) is 31.5 Å². The molecule has 17 heavy (non-hydrogen) atoms. The van der Waals surface area contributed by atoms with Crippen molar-refractivity contribution in [3.63, 3.8) is 0 Å². The van der Waals surface area contributed by atoms with Crippen molar-refractivity contribution in [2.24, 2.45) is 0 Å². The summed E-state index contributed by atoms with van der Waals surface area (Å²) >= 11 is 0. The second-order valence-electron chi connectivity index (χ2n) is 5.15. The van der Waals surface area contributed by atoms with Crippen molar-refractivity contribution in [2.45, 2.75) is 38.8 Å². The number of H-pyrrole nitrogens is 1. The molecule has 1 aromatic rings. The minimum atomic E-state index is 0.765. The molecule has 0 radical (unpaired) electrons. The molecule has 0 saturated carbocycles. The minimum Gasteiger partial charge on any atom is -0.348 e. The van der Waals surface area contributed by atoms with Gasteiger partial charge in [-0.1, -0.05) is 6.42 Å². The topological polar surface area (TPSA) is 35.2 Å². The zero-order valence-corrected chi connectivity index (χ0v) is 11.0. The van der Waals surface area contributed by atoms with Crippen LogP contribution < -0.4 is 0 Å². The van der Waals surface area contributed by atoms with Crippen LogP contribution in [-0.2, 0) is 6.54 Å². The van der Waals surface area contributed by atoms with E-state index < -0.39 is 0 Å². The molecule has 1 saturated heterocycles. The molecule has 1 atom stereocenters. The average Bonchev–Trinajstić information content (AvgIpc) is 2.81. The number of hydrogen-bond acceptors (Lipinski definition) is 3. The van der Waals surface area contributed by atoms with Gasteiger partial charge in [0.25, 0.3) is 0 Å². The minimum absolute atomic E-state index is 0.765. The number of piperidine rings is 1. The summed E-state index contributed by atoms with van der Waals surface area (Å²) in [5.41, 5.74) is 0. The number of aromatic nitrogens is 2. The Morgan fingerprint density at radius 2 is 2.41 bits per heavy atom. The molecule has 1 unspecified atom stereocenters. The average molecular weight is 236 g/mol. The van der Waals surface area contributed by atoms with E-state index in [2.05, 4.69) is 33.7 Å². The van der Waals surface area contributed by atoms with E-state index >= 15 is 0 Å². The molecule has 96 valence electrons. The van der Waals surface area contributed by atoms with Crippen LogP contribution in [0.15, 0.2) is 12.4 Å². The largest absolute Gasteiger partial charge is 0.348 e. The van der Waals surface area contributed by atoms with Crippen LogP contribution in [0.2, 0.25) is 0 Å². The number of nitrogens with one attached hydrogen (secondary N) is 1. The number of likely N-dealkylation sites (tertiary alicyclic amines) is 1. The normalized spacial score (nSPS) is 22.2. The van der Waals surface area contributed by atoms with Gasteiger partial charge in [-0.15, -0.1) is 0 Å². The van der Waals surface area contributed by atoms with Gasteiger partial charge in [0.1, 0.15) is 5.82 Å². The summed E-state index contributed by atoms with van der Waals surface area (Å²) in [6.45, 7) is 6.83. The Morgan fingerprint density at radius 3 is 3.12 bits per heavy atom. The Morgan fingerprint density at radius 1 is 1.53 bits per heavy atom. The molecule has 0 aliphatic carbocycles. The highest BCUT2D eigenvalue weighted by Gasteiger charge is 2.17. The third-order valence-electron chi connectivity index (χ3n) is 3.68. The number of likely N-dealkylation sites (N-methyl/N-ethyl adjacent to an activating group) is 1. The van der Waals surface area contributed by atoms with E-state index in [-0.39, 0.29) is 0 Å². The van der Waals surface area contributed by atoms with Crippen LogP contribution in [0, 0.1) is 0 Å². The standard InChI is InChI=1S/C13H24N4/c1-12-5-3-4-8-17(12)10-9-16(2)11-13-14-6-7-15-13/h6-7,12H,3-5,8-11H2,1-2H3,(H,14,15). The number of nitrogens with zero attached hydrogens (tertiary/aromatic N) is 3. The first-order valence-electron chi connectivity index (χ1n) is 6.66. The number of rotatable bonds is 5. The highest BCUT2D eigenvalue weighted by atomic mass is 15.2. The second-order valence-corrected chi connectivity index (χ2v) is 5.15. The molecule has 1 N–H and O–H groups in total. The van der Waals surface area contributed by atoms with E-state index in [1.54, 1.807) is 0 Å². The molecule has 1 aliphatic heterocycles. The number of hydrogen-bond donors (Lipinski definition) is 1. The summed E-state index contributed by atoms with van der Waals surface area (Å²) in [4.78, 5) is 12.4. The van der Waals surface area contributed by atoms with Crippen molar-refractivity contribution >= 4 is 0 Å². The molecule has 0 bridgehead atoms. The van der Waals surface area contributed by atoms with Crippen molar-refractivity contribution in [3.8, 4) is 0 Å². The predicted molar refractivity (Wildman–Crippen MR) is 69.8 cm³/mol. The Kier molecular flexibility index (Phi) is 4.57. The van der Waals surface area contributed by atoms with Crippen molar-refractivity contribution in [2.75, 3.05) is 26.7 Å². The molecule has 4 nitrogen and oxygen atoms in total. The molecule has 1 fully saturated rings. The van der Waals surface area contributed by atoms with Crippen LogP contribution in [0.1, 0.15) is 32.0 Å². The Balaban J connectivity index is 1.70. The van der Waals surface area contributed by atoms with E-state index in [0.29, 0.717) is 0 Å². The number of imidazole rings is 1. The fourth-order valence-corrected chi connectivity index (χ4v) is 2.51. The summed E-state index contributed by atoms with van der Waals surface area (Å²) in [5, 5.41) is 0. The molecule has 2 rings (SSSR count). The lowest BCUT2D eigenvalue weighted by Crippen LogP contribution is -2.41. The first kappa shape index (κ1) is 12.6. The molecule has 0 spiro atoms. The zero-order valence-electron chi connectivity index (χ0n) is 11.0. The van der Waals surface area contributed by atoms with Crippen LogP contribution in [0.25, 0.3) is 0 Å². The van der Waals surface area contributed by atoms with E-state index in [9.17, 15) is 0 Å². The fraction of sp³-hybridized carbons (Fsp3) is 0.769. The molecule has 4 heteroatoms. The van der Waals surface area contributed by atoms with Gasteiger partial charge >= 0.3 is 0 Å². The lowest BCUT2D eigenvalue weighted by Gasteiger charge is -2.34. The van der Waals surface area contributed by atoms with Crippen LogP contribution in [-0.4, -0.2) is 52.5 Å². The van der Waals surface area contributed by atoms with Gasteiger partial charge in [-0.3, -0.25) is 9.80 Å². The molecule has 1 aliphatic rings. The van der Waals surface area contributed by atoms with Crippen LogP contribution in [0.3, 0.4) is 0 Å². The van der Waals surface area contributed by atoms with Gasteiger partial charge in [-0.05, 0) is 33.4 Å². The summed E-state index contributed by atoms with van der Waals surface area (Å²) in [7, 11) is 2.16. The van der Waals surface area contributed by atoms with Gasteiger partial charge in [0.15, 0.2) is 0 Å². The van der Waals surface area contributed by atoms with Gasteiger partial charge < -0.3 is 4.98 Å². The van der Waals surface area contributed by atoms with E-state index in [4.69, 9.17) is 0 Å². The third kappa shape index (κ3) is 3.82. The predicted octanol–water partition coefficient (Wildman–Crippen LogP) is 1.72. The van der Waals surface area contributed by atoms with Gasteiger partial charge in [-0.25, -0.2) is 4.98 Å². The van der Waals surface area contributed by atoms with E-state index in [0.717, 1.165) is 25.0 Å². The summed E-state index contributed by atoms with van der Waals surface area (Å²) in [5.74, 6) is 1.05. The maximum Gasteiger partial charge on any atom is 0.120 e. The Bertz CT molecular complexity index is 309. The van der Waals surface area contributed by atoms with Crippen LogP contribution >= 0.6 is 0 Å². The van der Waals surface area contributed by atoms with Crippen LogP contribution in [0.4, 0.5) is 0 Å². The Hall–Kier alpha value is -0.870. The molecule has 0 aromatic carbocycles. The van der Waals surface area contributed by atoms with Crippen molar-refractivity contribution in [1.29, 1.82) is 0 Å². The maximum atomic E-state index is 4.26. The van der Waals surface area contributed by atoms with E-state index in [1.807, 2.05) is 12.4 Å². The molecule has 1 aromatic heterocycles. The molecular formula is C13H24N4. The lowest BCUT2D eigenvalue weighted by molar-refractivity contribution is 0.140. The Labute approximate surface area is 104 Å². The summed E-state index contributed by atoms with van der Waals surface area (Å²) < 4.78 is 0. The zero-order chi connectivity index (χ0) is 12.1. The SMILES string of the molecule is CC1CCCCN1CCN(C)Cc1ncc[nH]1. The third-order valence-corrected chi connectivity index (χ3v) is 3.68. The molecular weight excluding hydrogens is 212 g/mol. The number of aromatic amines is 1. The maximum absolute atomic E-state index is 4.26. The quantitative estimate of drug-likeness (QED) is 0.845. The van der Waals surface area contributed by atoms with E-state index in [1.165, 1.54) is 32.4 Å². The summed E-state index contributed by atoms with van der Waals surface area (Å²) in [6, 6.07) is 0.765. The highest BCUT2D eigenvalue weighted by molar-refractivity contribution is 4.86. The molecule has 2 heterocycles. The smallest absolute Gasteiger partial charge is 0.120 e. The molecule has 0 amide bonds. The second kappa shape index (κ2) is 6.17. The van der Waals surface area contributed by atoms with Gasteiger partial charge in [0.2, 0.25) is 0 Å². The first-order valence-corrected chi connectivity index (χ1v) is 6.66. The van der Waals surface area contributed by atoms with Gasteiger partial charge in [0.05, 0.1) is 6.54 Å². The van der Waals surface area contributed by atoms with Gasteiger partial charge in [-0.2, -0.15) is 0 Å². The summed E-state index contributed by atoms with van der Waals surface area (Å²) in [6.07, 6.45) is 7.83. The van der Waals surface area contributed by atoms with Crippen molar-refractivity contribution in [1.82, 2.24) is 19.8 Å². The fourth-order valence-electron chi connectivity index (χ4n) is 2.51. The van der Waals surface area contributed by atoms with Crippen molar-refractivity contribution < 1.29 is 0 Å².